The first-order valence-corrected chi connectivity index (χ1v) is 7.17. The lowest BCUT2D eigenvalue weighted by atomic mass is 10.0. The largest absolute Gasteiger partial charge is 0.453 e. The highest BCUT2D eigenvalue weighted by Gasteiger charge is 2.51. The molecule has 2 heterocycles. The van der Waals surface area contributed by atoms with Crippen LogP contribution in [0.4, 0.5) is 0 Å². The maximum absolute atomic E-state index is 11.7. The number of allylic oxidation sites excluding steroid dienone is 1. The van der Waals surface area contributed by atoms with Crippen LogP contribution in [0.5, 0.6) is 0 Å². The van der Waals surface area contributed by atoms with Crippen LogP contribution in [0.25, 0.3) is 0 Å². The van der Waals surface area contributed by atoms with Crippen LogP contribution in [-0.4, -0.2) is 64.7 Å². The van der Waals surface area contributed by atoms with Gasteiger partial charge in [0.2, 0.25) is 0 Å². The van der Waals surface area contributed by atoms with E-state index in [-0.39, 0.29) is 12.7 Å². The number of fused-ring (bicyclic) bond motifs is 2. The molecule has 2 rings (SSSR count). The van der Waals surface area contributed by atoms with E-state index >= 15 is 0 Å². The molecule has 2 fully saturated rings. The molecular weight excluding hydrogens is 280 g/mol. The lowest BCUT2D eigenvalue weighted by Gasteiger charge is -2.34. The lowest BCUT2D eigenvalue weighted by Crippen LogP contribution is -2.55. The predicted octanol–water partition coefficient (Wildman–Crippen LogP) is -0.518. The van der Waals surface area contributed by atoms with Gasteiger partial charge in [-0.3, -0.25) is 0 Å². The molecule has 0 aromatic rings. The Kier molecular flexibility index (Phi) is 5.72. The van der Waals surface area contributed by atoms with Gasteiger partial charge in [-0.15, -0.1) is 0 Å². The smallest absolute Gasteiger partial charge is 0.330 e. The number of carbonyl (C=O) groups is 1. The van der Waals surface area contributed by atoms with Gasteiger partial charge in [0, 0.05) is 6.08 Å². The Labute approximate surface area is 123 Å². The van der Waals surface area contributed by atoms with Crippen molar-refractivity contribution in [2.75, 3.05) is 6.61 Å². The zero-order valence-corrected chi connectivity index (χ0v) is 11.9. The van der Waals surface area contributed by atoms with Crippen LogP contribution in [0.3, 0.4) is 0 Å². The molecule has 7 nitrogen and oxygen atoms in total. The van der Waals surface area contributed by atoms with Crippen molar-refractivity contribution in [2.24, 2.45) is 0 Å². The number of hydrogen-bond acceptors (Lipinski definition) is 7. The van der Waals surface area contributed by atoms with Gasteiger partial charge in [-0.1, -0.05) is 6.08 Å². The van der Waals surface area contributed by atoms with Crippen molar-refractivity contribution < 1.29 is 34.3 Å². The number of hydrogen-bond donors (Lipinski definition) is 3. The van der Waals surface area contributed by atoms with Gasteiger partial charge in [0.1, 0.15) is 18.3 Å². The molecule has 6 atom stereocenters. The summed E-state index contributed by atoms with van der Waals surface area (Å²) in [5.74, 6) is -0.628. The second kappa shape index (κ2) is 7.33. The summed E-state index contributed by atoms with van der Waals surface area (Å²) in [4.78, 5) is 11.7. The topological polar surface area (TPSA) is 105 Å². The average Bonchev–Trinajstić information content (AvgIpc) is 2.88. The minimum absolute atomic E-state index is 0.173. The average molecular weight is 302 g/mol. The Morgan fingerprint density at radius 3 is 2.90 bits per heavy atom. The fraction of sp³-hybridized carbons (Fsp3) is 0.786. The fourth-order valence-corrected chi connectivity index (χ4v) is 2.39. The van der Waals surface area contributed by atoms with Crippen LogP contribution >= 0.6 is 0 Å². The minimum Gasteiger partial charge on any atom is -0.453 e. The molecule has 0 aromatic heterocycles. The molecule has 0 amide bonds. The predicted molar refractivity (Wildman–Crippen MR) is 71.2 cm³/mol. The molecule has 2 aliphatic heterocycles. The van der Waals surface area contributed by atoms with Crippen LogP contribution in [0.15, 0.2) is 12.2 Å². The SMILES string of the molecule is C[C@@H](O)CCC/C=C/C(=O)OC1C(O)C2COC(O2)C1O. The number of carbonyl (C=O) groups excluding carboxylic acids is 1. The first-order valence-electron chi connectivity index (χ1n) is 7.17. The molecule has 0 spiro atoms. The quantitative estimate of drug-likeness (QED) is 0.344. The second-order valence-corrected chi connectivity index (χ2v) is 5.44. The summed E-state index contributed by atoms with van der Waals surface area (Å²) in [5.41, 5.74) is 0. The third-order valence-corrected chi connectivity index (χ3v) is 3.57. The summed E-state index contributed by atoms with van der Waals surface area (Å²) in [7, 11) is 0. The monoisotopic (exact) mass is 302 g/mol. The van der Waals surface area contributed by atoms with E-state index in [0.29, 0.717) is 12.8 Å². The van der Waals surface area contributed by atoms with E-state index in [4.69, 9.17) is 19.3 Å². The molecule has 2 bridgehead atoms. The number of aliphatic hydroxyl groups is 3. The van der Waals surface area contributed by atoms with Crippen molar-refractivity contribution in [3.63, 3.8) is 0 Å². The van der Waals surface area contributed by atoms with E-state index < -0.39 is 36.7 Å². The van der Waals surface area contributed by atoms with Crippen molar-refractivity contribution in [2.45, 2.75) is 63.0 Å². The van der Waals surface area contributed by atoms with Crippen LogP contribution in [0.2, 0.25) is 0 Å². The molecule has 3 N–H and O–H groups in total. The van der Waals surface area contributed by atoms with Crippen molar-refractivity contribution in [3.05, 3.63) is 12.2 Å². The summed E-state index contributed by atoms with van der Waals surface area (Å²) >= 11 is 0. The van der Waals surface area contributed by atoms with Gasteiger partial charge in [-0.05, 0) is 26.2 Å². The fourth-order valence-electron chi connectivity index (χ4n) is 2.39. The number of aliphatic hydroxyl groups excluding tert-OH is 3. The summed E-state index contributed by atoms with van der Waals surface area (Å²) in [6.45, 7) is 1.88. The van der Waals surface area contributed by atoms with E-state index in [9.17, 15) is 15.0 Å². The van der Waals surface area contributed by atoms with Crippen molar-refractivity contribution >= 4 is 5.97 Å². The third-order valence-electron chi connectivity index (χ3n) is 3.57. The van der Waals surface area contributed by atoms with Gasteiger partial charge in [0.25, 0.3) is 0 Å². The van der Waals surface area contributed by atoms with Crippen LogP contribution < -0.4 is 0 Å². The third kappa shape index (κ3) is 4.24. The van der Waals surface area contributed by atoms with Crippen LogP contribution in [0.1, 0.15) is 26.2 Å². The minimum atomic E-state index is -1.20. The molecule has 7 heteroatoms. The highest BCUT2D eigenvalue weighted by molar-refractivity contribution is 5.82. The molecule has 2 aliphatic rings. The Bertz CT molecular complexity index is 366. The van der Waals surface area contributed by atoms with Crippen LogP contribution in [-0.2, 0) is 19.0 Å². The van der Waals surface area contributed by atoms with E-state index in [0.717, 1.165) is 6.42 Å². The molecule has 2 saturated heterocycles. The number of unbranched alkanes of at least 4 members (excludes halogenated alkanes) is 1. The molecule has 0 radical (unpaired) electrons. The van der Waals surface area contributed by atoms with Crippen molar-refractivity contribution in [1.29, 1.82) is 0 Å². The molecule has 5 unspecified atom stereocenters. The summed E-state index contributed by atoms with van der Waals surface area (Å²) in [6, 6.07) is 0. The highest BCUT2D eigenvalue weighted by Crippen LogP contribution is 2.29. The number of rotatable bonds is 6. The first kappa shape index (κ1) is 16.4. The van der Waals surface area contributed by atoms with E-state index in [2.05, 4.69) is 0 Å². The van der Waals surface area contributed by atoms with Crippen LogP contribution in [0, 0.1) is 0 Å². The van der Waals surface area contributed by atoms with Gasteiger partial charge >= 0.3 is 5.97 Å². The van der Waals surface area contributed by atoms with E-state index in [1.807, 2.05) is 0 Å². The van der Waals surface area contributed by atoms with Gasteiger partial charge in [-0.2, -0.15) is 0 Å². The second-order valence-electron chi connectivity index (χ2n) is 5.44. The van der Waals surface area contributed by atoms with E-state index in [1.54, 1.807) is 13.0 Å². The Morgan fingerprint density at radius 1 is 1.43 bits per heavy atom. The maximum Gasteiger partial charge on any atom is 0.330 e. The molecule has 0 aromatic carbocycles. The zero-order chi connectivity index (χ0) is 15.4. The first-order chi connectivity index (χ1) is 9.99. The highest BCUT2D eigenvalue weighted by atomic mass is 16.7. The van der Waals surface area contributed by atoms with Gasteiger partial charge in [-0.25, -0.2) is 4.79 Å². The molecule has 0 saturated carbocycles. The summed E-state index contributed by atoms with van der Waals surface area (Å²) in [6.07, 6.45) is -0.158. The zero-order valence-electron chi connectivity index (χ0n) is 11.9. The lowest BCUT2D eigenvalue weighted by molar-refractivity contribution is -0.236. The van der Waals surface area contributed by atoms with Gasteiger partial charge < -0.3 is 29.5 Å². The molecule has 120 valence electrons. The summed E-state index contributed by atoms with van der Waals surface area (Å²) < 4.78 is 15.4. The standard InChI is InChI=1S/C14H22O7/c1-8(15)5-3-2-4-6-10(16)21-13-11(17)9-7-19-14(20-9)12(13)18/h4,6,8-9,11-15,17-18H,2-3,5,7H2,1H3/b6-4+/t8-,9?,11?,12?,13?,14?/m1/s1. The van der Waals surface area contributed by atoms with Crippen molar-refractivity contribution in [1.82, 2.24) is 0 Å². The van der Waals surface area contributed by atoms with Crippen molar-refractivity contribution in [3.8, 4) is 0 Å². The molecule has 21 heavy (non-hydrogen) atoms. The summed E-state index contributed by atoms with van der Waals surface area (Å²) in [5, 5.41) is 29.0. The molecule has 0 aliphatic carbocycles. The number of esters is 1. The Morgan fingerprint density at radius 2 is 2.19 bits per heavy atom. The Hall–Kier alpha value is -0.990. The van der Waals surface area contributed by atoms with E-state index in [1.165, 1.54) is 6.08 Å². The van der Waals surface area contributed by atoms with Gasteiger partial charge in [0.15, 0.2) is 12.4 Å². The normalized spacial score (nSPS) is 36.9. The Balaban J connectivity index is 1.78. The molecular formula is C14H22O7. The number of ether oxygens (including phenoxy) is 3. The van der Waals surface area contributed by atoms with Gasteiger partial charge in [0.05, 0.1) is 12.7 Å². The maximum atomic E-state index is 11.7.